The summed E-state index contributed by atoms with van der Waals surface area (Å²) in [4.78, 5) is 12.0. The molecule has 2 aromatic rings. The molecule has 0 heterocycles. The van der Waals surface area contributed by atoms with Crippen LogP contribution in [0, 0.1) is 29.1 Å². The Morgan fingerprint density at radius 2 is 1.38 bits per heavy atom. The molecule has 0 fully saturated rings. The molecule has 5 nitrogen and oxygen atoms in total. The molecule has 29 heavy (non-hydrogen) atoms. The number of halogens is 5. The third-order valence-corrected chi connectivity index (χ3v) is 5.70. The molecule has 0 radical (unpaired) electrons. The summed E-state index contributed by atoms with van der Waals surface area (Å²) in [6.45, 7) is 4.36. The summed E-state index contributed by atoms with van der Waals surface area (Å²) in [6, 6.07) is 5.51. The lowest BCUT2D eigenvalue weighted by molar-refractivity contribution is -0.149. The Bertz CT molecular complexity index is 926. The highest BCUT2D eigenvalue weighted by Crippen LogP contribution is 2.45. The molecule has 0 bridgehead atoms. The lowest BCUT2D eigenvalue weighted by Crippen LogP contribution is -2.38. The zero-order valence-electron chi connectivity index (χ0n) is 15.5. The Morgan fingerprint density at radius 1 is 0.897 bits per heavy atom. The van der Waals surface area contributed by atoms with Gasteiger partial charge in [-0.3, -0.25) is 9.36 Å². The summed E-state index contributed by atoms with van der Waals surface area (Å²) in [5.74, 6) is -14.1. The van der Waals surface area contributed by atoms with Crippen molar-refractivity contribution in [2.24, 2.45) is 0 Å². The summed E-state index contributed by atoms with van der Waals surface area (Å²) in [5.41, 5.74) is 0. The molecule has 11 heteroatoms. The highest BCUT2D eigenvalue weighted by atomic mass is 31.2. The van der Waals surface area contributed by atoms with Gasteiger partial charge in [-0.25, -0.2) is 18.3 Å². The lowest BCUT2D eigenvalue weighted by atomic mass is 10.3. The molecule has 0 amide bonds. The Labute approximate surface area is 163 Å². The van der Waals surface area contributed by atoms with Crippen molar-refractivity contribution in [3.63, 3.8) is 0 Å². The highest BCUT2D eigenvalue weighted by molar-refractivity contribution is 7.65. The predicted octanol–water partition coefficient (Wildman–Crippen LogP) is 4.21. The normalized spacial score (nSPS) is 14.4. The van der Waals surface area contributed by atoms with Gasteiger partial charge in [-0.15, -0.1) is 0 Å². The molecular weight excluding hydrogens is 420 g/mol. The van der Waals surface area contributed by atoms with Crippen molar-refractivity contribution in [3.05, 3.63) is 59.4 Å². The first-order valence-corrected chi connectivity index (χ1v) is 9.95. The van der Waals surface area contributed by atoms with E-state index in [-0.39, 0.29) is 5.30 Å². The Morgan fingerprint density at radius 3 is 1.86 bits per heavy atom. The molecule has 0 unspecified atom stereocenters. The number of carbonyl (C=O) groups excluding carboxylic acids is 1. The van der Waals surface area contributed by atoms with E-state index in [4.69, 9.17) is 9.26 Å². The maximum atomic E-state index is 14.0. The molecule has 0 spiro atoms. The monoisotopic (exact) mass is 437 g/mol. The van der Waals surface area contributed by atoms with Gasteiger partial charge in [0.2, 0.25) is 34.8 Å². The van der Waals surface area contributed by atoms with Crippen LogP contribution >= 0.6 is 7.52 Å². The third kappa shape index (κ3) is 4.94. The Kier molecular flexibility index (Phi) is 7.02. The standard InChI is InChI=1S/C18H17F5NO4P/c1-9(2)27-18(25)10(3)24-29(26,11-7-5-4-6-8-11)28-17-15(22)13(20)12(19)14(21)16(17)23/h4-10H,1-3H3,(H,24,26)/t10-,29-/m0/s1. The first-order chi connectivity index (χ1) is 13.5. The zero-order chi connectivity index (χ0) is 21.9. The van der Waals surface area contributed by atoms with Crippen molar-refractivity contribution in [3.8, 4) is 5.75 Å². The first-order valence-electron chi connectivity index (χ1n) is 8.33. The van der Waals surface area contributed by atoms with Crippen molar-refractivity contribution in [1.29, 1.82) is 0 Å². The van der Waals surface area contributed by atoms with Gasteiger partial charge in [-0.2, -0.15) is 8.78 Å². The van der Waals surface area contributed by atoms with E-state index in [1.165, 1.54) is 37.3 Å². The van der Waals surface area contributed by atoms with E-state index in [1.807, 2.05) is 0 Å². The predicted molar refractivity (Wildman–Crippen MR) is 94.4 cm³/mol. The second-order valence-electron chi connectivity index (χ2n) is 6.21. The van der Waals surface area contributed by atoms with Crippen molar-refractivity contribution >= 4 is 18.8 Å². The third-order valence-electron chi connectivity index (χ3n) is 3.55. The van der Waals surface area contributed by atoms with Crippen LogP contribution < -0.4 is 14.9 Å². The van der Waals surface area contributed by atoms with Crippen molar-refractivity contribution < 1.29 is 40.6 Å². The van der Waals surface area contributed by atoms with E-state index < -0.39 is 60.5 Å². The van der Waals surface area contributed by atoms with Crippen LogP contribution in [-0.4, -0.2) is 18.1 Å². The summed E-state index contributed by atoms with van der Waals surface area (Å²) in [6.07, 6.45) is -0.515. The van der Waals surface area contributed by atoms with Gasteiger partial charge in [0.15, 0.2) is 0 Å². The van der Waals surface area contributed by atoms with Crippen LogP contribution in [0.3, 0.4) is 0 Å². The molecular formula is C18H17F5NO4P. The van der Waals surface area contributed by atoms with Gasteiger partial charge in [-0.05, 0) is 32.9 Å². The van der Waals surface area contributed by atoms with E-state index in [9.17, 15) is 31.3 Å². The molecule has 2 rings (SSSR count). The van der Waals surface area contributed by atoms with Gasteiger partial charge in [0.05, 0.1) is 11.4 Å². The van der Waals surface area contributed by atoms with Gasteiger partial charge in [0.25, 0.3) is 0 Å². The summed E-state index contributed by atoms with van der Waals surface area (Å²) >= 11 is 0. The smallest absolute Gasteiger partial charge is 0.347 e. The highest BCUT2D eigenvalue weighted by Gasteiger charge is 2.37. The fourth-order valence-corrected chi connectivity index (χ4v) is 4.12. The summed E-state index contributed by atoms with van der Waals surface area (Å²) in [7, 11) is -4.54. The number of hydrogen-bond donors (Lipinski definition) is 1. The van der Waals surface area contributed by atoms with Crippen LogP contribution in [0.25, 0.3) is 0 Å². The fraction of sp³-hybridized carbons (Fsp3) is 0.278. The SMILES string of the molecule is CC(C)OC(=O)[C@H](C)N[P@@](=O)(Oc1c(F)c(F)c(F)c(F)c1F)c1ccccc1. The number of hydrogen-bond acceptors (Lipinski definition) is 4. The largest absolute Gasteiger partial charge is 0.462 e. The molecule has 2 atom stereocenters. The van der Waals surface area contributed by atoms with Crippen LogP contribution in [0.1, 0.15) is 20.8 Å². The molecule has 0 aliphatic rings. The molecule has 0 saturated heterocycles. The summed E-state index contributed by atoms with van der Waals surface area (Å²) in [5, 5.41) is 2.09. The van der Waals surface area contributed by atoms with Crippen LogP contribution in [0.4, 0.5) is 22.0 Å². The van der Waals surface area contributed by atoms with Crippen molar-refractivity contribution in [2.45, 2.75) is 32.9 Å². The Balaban J connectivity index is 2.52. The zero-order valence-corrected chi connectivity index (χ0v) is 16.4. The van der Waals surface area contributed by atoms with Gasteiger partial charge in [0.1, 0.15) is 6.04 Å². The Hall–Kier alpha value is -2.45. The maximum Gasteiger partial charge on any atom is 0.347 e. The lowest BCUT2D eigenvalue weighted by Gasteiger charge is -2.24. The van der Waals surface area contributed by atoms with E-state index >= 15 is 0 Å². The average molecular weight is 437 g/mol. The summed E-state index contributed by atoms with van der Waals surface area (Å²) < 4.78 is 91.5. The number of rotatable bonds is 7. The van der Waals surface area contributed by atoms with E-state index in [0.717, 1.165) is 0 Å². The molecule has 0 aromatic heterocycles. The molecule has 0 saturated carbocycles. The van der Waals surface area contributed by atoms with E-state index in [1.54, 1.807) is 13.8 Å². The molecule has 0 aliphatic heterocycles. The molecule has 0 aliphatic carbocycles. The number of benzene rings is 2. The minimum absolute atomic E-state index is 0.173. The van der Waals surface area contributed by atoms with Crippen LogP contribution in [0.15, 0.2) is 30.3 Å². The second kappa shape index (κ2) is 8.92. The second-order valence-corrected chi connectivity index (χ2v) is 8.27. The van der Waals surface area contributed by atoms with Crippen molar-refractivity contribution in [2.75, 3.05) is 0 Å². The number of carbonyl (C=O) groups is 1. The maximum absolute atomic E-state index is 14.0. The molecule has 2 aromatic carbocycles. The number of esters is 1. The van der Waals surface area contributed by atoms with Gasteiger partial charge in [-0.1, -0.05) is 18.2 Å². The van der Waals surface area contributed by atoms with Crippen LogP contribution in [-0.2, 0) is 14.1 Å². The minimum Gasteiger partial charge on any atom is -0.462 e. The van der Waals surface area contributed by atoms with Gasteiger partial charge in [0, 0.05) is 0 Å². The number of ether oxygens (including phenoxy) is 1. The fourth-order valence-electron chi connectivity index (χ4n) is 2.21. The van der Waals surface area contributed by atoms with E-state index in [2.05, 4.69) is 5.09 Å². The van der Waals surface area contributed by atoms with Gasteiger partial charge < -0.3 is 9.26 Å². The number of nitrogens with one attached hydrogen (secondary N) is 1. The molecule has 1 N–H and O–H groups in total. The first kappa shape index (κ1) is 22.8. The van der Waals surface area contributed by atoms with Crippen molar-refractivity contribution in [1.82, 2.24) is 5.09 Å². The average Bonchev–Trinajstić information content (AvgIpc) is 2.68. The molecule has 158 valence electrons. The topological polar surface area (TPSA) is 64.6 Å². The minimum atomic E-state index is -4.54. The quantitative estimate of drug-likeness (QED) is 0.231. The van der Waals surface area contributed by atoms with E-state index in [0.29, 0.717) is 0 Å². The van der Waals surface area contributed by atoms with Gasteiger partial charge >= 0.3 is 13.5 Å². The van der Waals surface area contributed by atoms with Crippen LogP contribution in [0.5, 0.6) is 5.75 Å². The van der Waals surface area contributed by atoms with Crippen LogP contribution in [0.2, 0.25) is 0 Å².